The molecular formula is C33H47ClN2O3S. The molecule has 0 radical (unpaired) electrons. The second kappa shape index (κ2) is 18.9. The molecule has 220 valence electrons. The Hall–Kier alpha value is -2.31. The van der Waals surface area contributed by atoms with Gasteiger partial charge in [0.05, 0.1) is 17.5 Å². The van der Waals surface area contributed by atoms with E-state index < -0.39 is 0 Å². The molecule has 1 amide bonds. The summed E-state index contributed by atoms with van der Waals surface area (Å²) in [6.45, 7) is 5.80. The van der Waals surface area contributed by atoms with E-state index in [1.807, 2.05) is 36.0 Å². The number of nitrogens with zero attached hydrogens (tertiary/aromatic N) is 1. The van der Waals surface area contributed by atoms with Crippen LogP contribution in [0.5, 0.6) is 11.5 Å². The Bertz CT molecular complexity index is 1040. The first-order chi connectivity index (χ1) is 19.5. The van der Waals surface area contributed by atoms with E-state index in [0.717, 1.165) is 24.5 Å². The molecular weight excluding hydrogens is 540 g/mol. The molecule has 0 spiro atoms. The van der Waals surface area contributed by atoms with E-state index in [2.05, 4.69) is 30.3 Å². The second-order valence-corrected chi connectivity index (χ2v) is 12.2. The molecule has 0 aromatic heterocycles. The molecule has 1 N–H and O–H groups in total. The van der Waals surface area contributed by atoms with Crippen LogP contribution in [-0.4, -0.2) is 29.9 Å². The Labute approximate surface area is 251 Å². The second-order valence-electron chi connectivity index (χ2n) is 10.6. The zero-order valence-electron chi connectivity index (χ0n) is 24.4. The maximum atomic E-state index is 12.4. The Morgan fingerprint density at radius 1 is 0.900 bits per heavy atom. The van der Waals surface area contributed by atoms with Gasteiger partial charge in [0.2, 0.25) is 0 Å². The minimum atomic E-state index is -0.212. The van der Waals surface area contributed by atoms with Crippen LogP contribution in [0, 0.1) is 0 Å². The van der Waals surface area contributed by atoms with Gasteiger partial charge in [-0.3, -0.25) is 4.79 Å². The monoisotopic (exact) mass is 586 g/mol. The standard InChI is InChI=1S/C33H47ClN2O3S/c1-3-4-5-6-7-8-9-10-11-12-13-14-21-38-32-22-30(19-20-31(32)34)39-25-33(37)35-29-17-15-28(16-18-29)24-36-23-27(2)40-26-36/h15-20,22-23H,3-14,21,24-26H2,1-2H3,(H,35,37). The van der Waals surface area contributed by atoms with Gasteiger partial charge in [-0.1, -0.05) is 101 Å². The zero-order chi connectivity index (χ0) is 28.4. The summed E-state index contributed by atoms with van der Waals surface area (Å²) in [5.74, 6) is 1.93. The van der Waals surface area contributed by atoms with Gasteiger partial charge >= 0.3 is 0 Å². The van der Waals surface area contributed by atoms with Gasteiger partial charge in [0, 0.05) is 24.5 Å². The van der Waals surface area contributed by atoms with Crippen molar-refractivity contribution in [2.75, 3.05) is 24.4 Å². The quantitative estimate of drug-likeness (QED) is 0.156. The molecule has 0 unspecified atom stereocenters. The molecule has 2 aromatic carbocycles. The van der Waals surface area contributed by atoms with Crippen molar-refractivity contribution < 1.29 is 14.3 Å². The van der Waals surface area contributed by atoms with Crippen molar-refractivity contribution in [3.05, 3.63) is 64.2 Å². The van der Waals surface area contributed by atoms with Crippen LogP contribution < -0.4 is 14.8 Å². The fourth-order valence-electron chi connectivity index (χ4n) is 4.69. The van der Waals surface area contributed by atoms with Crippen LogP contribution in [0.15, 0.2) is 53.6 Å². The number of hydrogen-bond acceptors (Lipinski definition) is 5. The molecule has 0 saturated heterocycles. The minimum absolute atomic E-state index is 0.0867. The summed E-state index contributed by atoms with van der Waals surface area (Å²) < 4.78 is 11.6. The van der Waals surface area contributed by atoms with E-state index in [1.165, 1.54) is 81.1 Å². The molecule has 1 heterocycles. The van der Waals surface area contributed by atoms with Crippen molar-refractivity contribution in [2.24, 2.45) is 0 Å². The summed E-state index contributed by atoms with van der Waals surface area (Å²) >= 11 is 8.18. The fourth-order valence-corrected chi connectivity index (χ4v) is 5.62. The Kier molecular flexibility index (Phi) is 15.2. The van der Waals surface area contributed by atoms with Gasteiger partial charge < -0.3 is 19.7 Å². The van der Waals surface area contributed by atoms with E-state index in [1.54, 1.807) is 18.2 Å². The number of halogens is 1. The number of rotatable bonds is 20. The molecule has 40 heavy (non-hydrogen) atoms. The van der Waals surface area contributed by atoms with Gasteiger partial charge in [-0.25, -0.2) is 0 Å². The summed E-state index contributed by atoms with van der Waals surface area (Å²) in [4.78, 5) is 16.1. The van der Waals surface area contributed by atoms with Crippen LogP contribution in [0.1, 0.15) is 96.5 Å². The fraction of sp³-hybridized carbons (Fsp3) is 0.545. The number of thioether (sulfide) groups is 1. The first-order valence-electron chi connectivity index (χ1n) is 15.0. The first kappa shape index (κ1) is 32.2. The van der Waals surface area contributed by atoms with E-state index in [0.29, 0.717) is 23.1 Å². The summed E-state index contributed by atoms with van der Waals surface area (Å²) in [5.41, 5.74) is 1.96. The molecule has 1 aliphatic rings. The number of ether oxygens (including phenoxy) is 2. The van der Waals surface area contributed by atoms with Crippen molar-refractivity contribution in [2.45, 2.75) is 97.4 Å². The number of benzene rings is 2. The van der Waals surface area contributed by atoms with Crippen molar-refractivity contribution in [3.63, 3.8) is 0 Å². The number of anilines is 1. The SMILES string of the molecule is CCCCCCCCCCCCCCOc1cc(OCC(=O)Nc2ccc(CN3C=C(C)SC3)cc2)ccc1Cl. The molecule has 2 aromatic rings. The molecule has 3 rings (SSSR count). The van der Waals surface area contributed by atoms with Crippen LogP contribution in [-0.2, 0) is 11.3 Å². The lowest BCUT2D eigenvalue weighted by Gasteiger charge is -2.15. The molecule has 0 atom stereocenters. The molecule has 0 fully saturated rings. The normalized spacial score (nSPS) is 12.9. The summed E-state index contributed by atoms with van der Waals surface area (Å²) in [7, 11) is 0. The minimum Gasteiger partial charge on any atom is -0.492 e. The zero-order valence-corrected chi connectivity index (χ0v) is 26.0. The van der Waals surface area contributed by atoms with Crippen LogP contribution >= 0.6 is 23.4 Å². The molecule has 0 aliphatic carbocycles. The molecule has 5 nitrogen and oxygen atoms in total. The summed E-state index contributed by atoms with van der Waals surface area (Å²) in [5, 5.41) is 3.45. The maximum Gasteiger partial charge on any atom is 0.262 e. The number of hydrogen-bond donors (Lipinski definition) is 1. The summed E-state index contributed by atoms with van der Waals surface area (Å²) in [6, 6.07) is 13.2. The third-order valence-corrected chi connectivity index (χ3v) is 8.31. The molecule has 0 bridgehead atoms. The van der Waals surface area contributed by atoms with Crippen molar-refractivity contribution in [3.8, 4) is 11.5 Å². The topological polar surface area (TPSA) is 50.8 Å². The third kappa shape index (κ3) is 12.9. The van der Waals surface area contributed by atoms with E-state index in [9.17, 15) is 4.79 Å². The number of nitrogens with one attached hydrogen (secondary N) is 1. The Morgan fingerprint density at radius 3 is 2.17 bits per heavy atom. The van der Waals surface area contributed by atoms with Crippen molar-refractivity contribution >= 4 is 35.0 Å². The lowest BCUT2D eigenvalue weighted by Crippen LogP contribution is -2.20. The highest BCUT2D eigenvalue weighted by atomic mass is 35.5. The van der Waals surface area contributed by atoms with Crippen molar-refractivity contribution in [1.29, 1.82) is 0 Å². The number of unbranched alkanes of at least 4 members (excludes halogenated alkanes) is 11. The van der Waals surface area contributed by atoms with Gasteiger partial charge in [0.25, 0.3) is 5.91 Å². The molecule has 7 heteroatoms. The van der Waals surface area contributed by atoms with Gasteiger partial charge in [-0.15, -0.1) is 11.8 Å². The Balaban J connectivity index is 1.27. The van der Waals surface area contributed by atoms with Gasteiger partial charge in [0.1, 0.15) is 11.5 Å². The van der Waals surface area contributed by atoms with Gasteiger partial charge in [0.15, 0.2) is 6.61 Å². The number of carbonyl (C=O) groups excluding carboxylic acids is 1. The van der Waals surface area contributed by atoms with E-state index >= 15 is 0 Å². The highest BCUT2D eigenvalue weighted by Gasteiger charge is 2.11. The van der Waals surface area contributed by atoms with Crippen molar-refractivity contribution in [1.82, 2.24) is 4.90 Å². The average molecular weight is 587 g/mol. The van der Waals surface area contributed by atoms with Crippen LogP contribution in [0.3, 0.4) is 0 Å². The molecule has 1 aliphatic heterocycles. The number of carbonyl (C=O) groups is 1. The number of allylic oxidation sites excluding steroid dienone is 1. The average Bonchev–Trinajstić information content (AvgIpc) is 3.36. The van der Waals surface area contributed by atoms with E-state index in [4.69, 9.17) is 21.1 Å². The predicted molar refractivity (Wildman–Crippen MR) is 170 cm³/mol. The Morgan fingerprint density at radius 2 is 1.55 bits per heavy atom. The van der Waals surface area contributed by atoms with Crippen LogP contribution in [0.2, 0.25) is 5.02 Å². The smallest absolute Gasteiger partial charge is 0.262 e. The number of amides is 1. The third-order valence-electron chi connectivity index (χ3n) is 6.97. The highest BCUT2D eigenvalue weighted by molar-refractivity contribution is 8.03. The highest BCUT2D eigenvalue weighted by Crippen LogP contribution is 2.29. The van der Waals surface area contributed by atoms with Gasteiger partial charge in [-0.2, -0.15) is 0 Å². The lowest BCUT2D eigenvalue weighted by atomic mass is 10.1. The first-order valence-corrected chi connectivity index (χ1v) is 16.4. The maximum absolute atomic E-state index is 12.4. The van der Waals surface area contributed by atoms with Gasteiger partial charge in [-0.05, 0) is 48.1 Å². The summed E-state index contributed by atoms with van der Waals surface area (Å²) in [6.07, 6.45) is 17.9. The van der Waals surface area contributed by atoms with E-state index in [-0.39, 0.29) is 12.5 Å². The lowest BCUT2D eigenvalue weighted by molar-refractivity contribution is -0.118. The largest absolute Gasteiger partial charge is 0.492 e. The molecule has 0 saturated carbocycles. The van der Waals surface area contributed by atoms with Crippen LogP contribution in [0.4, 0.5) is 5.69 Å². The predicted octanol–water partition coefficient (Wildman–Crippen LogP) is 9.80. The van der Waals surface area contributed by atoms with Crippen LogP contribution in [0.25, 0.3) is 0 Å².